The first kappa shape index (κ1) is 12.9. The van der Waals surface area contributed by atoms with Gasteiger partial charge in [0.1, 0.15) is 0 Å². The first-order chi connectivity index (χ1) is 8.58. The van der Waals surface area contributed by atoms with E-state index in [-0.39, 0.29) is 11.7 Å². The van der Waals surface area contributed by atoms with Gasteiger partial charge in [-0.25, -0.2) is 9.78 Å². The molecule has 2 aromatic rings. The largest absolute Gasteiger partial charge is 0.327 e. The Balaban J connectivity index is 2.67. The van der Waals surface area contributed by atoms with Gasteiger partial charge in [0.15, 0.2) is 5.65 Å². The normalized spacial score (nSPS) is 11.9. The van der Waals surface area contributed by atoms with Crippen LogP contribution >= 0.6 is 0 Å². The van der Waals surface area contributed by atoms with Crippen LogP contribution in [-0.4, -0.2) is 14.5 Å². The molecule has 0 aromatic carbocycles. The monoisotopic (exact) mass is 247 g/mol. The Kier molecular flexibility index (Phi) is 3.55. The standard InChI is InChI=1S/C14H21N3O/c1-5-11(6-2)17-12-7-10(9(3)4)8-15-13(12)16-14(17)18/h7-9,11H,5-6H2,1-4H3,(H,15,16,18). The van der Waals surface area contributed by atoms with E-state index in [4.69, 9.17) is 0 Å². The lowest BCUT2D eigenvalue weighted by molar-refractivity contribution is 0.471. The molecule has 0 aliphatic carbocycles. The van der Waals surface area contributed by atoms with Gasteiger partial charge in [0.2, 0.25) is 0 Å². The topological polar surface area (TPSA) is 50.7 Å². The third-order valence-corrected chi connectivity index (χ3v) is 3.57. The van der Waals surface area contributed by atoms with E-state index in [9.17, 15) is 4.79 Å². The molecule has 4 nitrogen and oxygen atoms in total. The van der Waals surface area contributed by atoms with E-state index in [0.717, 1.165) is 18.4 Å². The van der Waals surface area contributed by atoms with E-state index in [1.165, 1.54) is 5.56 Å². The van der Waals surface area contributed by atoms with Crippen molar-refractivity contribution in [2.24, 2.45) is 0 Å². The number of fused-ring (bicyclic) bond motifs is 1. The summed E-state index contributed by atoms with van der Waals surface area (Å²) in [6.45, 7) is 8.49. The van der Waals surface area contributed by atoms with Crippen molar-refractivity contribution in [2.75, 3.05) is 0 Å². The van der Waals surface area contributed by atoms with Crippen molar-refractivity contribution in [1.29, 1.82) is 0 Å². The molecule has 0 saturated carbocycles. The van der Waals surface area contributed by atoms with Gasteiger partial charge >= 0.3 is 5.69 Å². The van der Waals surface area contributed by atoms with Crippen LogP contribution in [0.2, 0.25) is 0 Å². The van der Waals surface area contributed by atoms with Gasteiger partial charge in [-0.05, 0) is 30.4 Å². The SMILES string of the molecule is CCC(CC)n1c(=O)[nH]c2ncc(C(C)C)cc21. The summed E-state index contributed by atoms with van der Waals surface area (Å²) in [5.41, 5.74) is 2.74. The summed E-state index contributed by atoms with van der Waals surface area (Å²) in [4.78, 5) is 19.2. The highest BCUT2D eigenvalue weighted by Crippen LogP contribution is 2.22. The summed E-state index contributed by atoms with van der Waals surface area (Å²) in [5.74, 6) is 0.419. The molecule has 0 saturated heterocycles. The minimum absolute atomic E-state index is 0.0490. The summed E-state index contributed by atoms with van der Waals surface area (Å²) in [5, 5.41) is 0. The first-order valence-corrected chi connectivity index (χ1v) is 6.68. The van der Waals surface area contributed by atoms with Crippen molar-refractivity contribution >= 4 is 11.2 Å². The van der Waals surface area contributed by atoms with Gasteiger partial charge in [-0.1, -0.05) is 27.7 Å². The number of rotatable bonds is 4. The zero-order chi connectivity index (χ0) is 13.3. The lowest BCUT2D eigenvalue weighted by Gasteiger charge is -2.14. The smallest absolute Gasteiger partial charge is 0.290 e. The van der Waals surface area contributed by atoms with E-state index in [0.29, 0.717) is 11.6 Å². The lowest BCUT2D eigenvalue weighted by Crippen LogP contribution is -2.21. The van der Waals surface area contributed by atoms with Crippen molar-refractivity contribution < 1.29 is 0 Å². The second-order valence-corrected chi connectivity index (χ2v) is 5.06. The molecule has 1 N–H and O–H groups in total. The van der Waals surface area contributed by atoms with Crippen LogP contribution in [0.25, 0.3) is 11.2 Å². The van der Waals surface area contributed by atoms with E-state index < -0.39 is 0 Å². The summed E-state index contributed by atoms with van der Waals surface area (Å²) >= 11 is 0. The minimum Gasteiger partial charge on any atom is -0.290 e. The highest BCUT2D eigenvalue weighted by Gasteiger charge is 2.15. The average molecular weight is 247 g/mol. The molecule has 2 rings (SSSR count). The third-order valence-electron chi connectivity index (χ3n) is 3.57. The van der Waals surface area contributed by atoms with Crippen molar-refractivity contribution in [3.63, 3.8) is 0 Å². The lowest BCUT2D eigenvalue weighted by atomic mass is 10.1. The van der Waals surface area contributed by atoms with Gasteiger partial charge in [-0.15, -0.1) is 0 Å². The molecule has 0 amide bonds. The molecule has 0 aliphatic heterocycles. The third kappa shape index (κ3) is 2.07. The van der Waals surface area contributed by atoms with Crippen LogP contribution in [0.5, 0.6) is 0 Å². The molecule has 0 spiro atoms. The number of aromatic nitrogens is 3. The minimum atomic E-state index is -0.0490. The Morgan fingerprint density at radius 2 is 2.00 bits per heavy atom. The molecular weight excluding hydrogens is 226 g/mol. The van der Waals surface area contributed by atoms with E-state index in [1.54, 1.807) is 0 Å². The summed E-state index contributed by atoms with van der Waals surface area (Å²) < 4.78 is 1.86. The number of nitrogens with one attached hydrogen (secondary N) is 1. The molecule has 98 valence electrons. The number of aromatic amines is 1. The van der Waals surface area contributed by atoms with Crippen molar-refractivity contribution in [3.8, 4) is 0 Å². The molecule has 2 heterocycles. The molecule has 0 atom stereocenters. The number of hydrogen-bond donors (Lipinski definition) is 1. The Hall–Kier alpha value is -1.58. The molecule has 0 radical (unpaired) electrons. The molecule has 4 heteroatoms. The van der Waals surface area contributed by atoms with Crippen LogP contribution in [0.1, 0.15) is 58.1 Å². The zero-order valence-electron chi connectivity index (χ0n) is 11.5. The van der Waals surface area contributed by atoms with E-state index >= 15 is 0 Å². The van der Waals surface area contributed by atoms with Gasteiger partial charge in [-0.2, -0.15) is 0 Å². The Bertz CT molecular complexity index is 591. The Morgan fingerprint density at radius 3 is 2.56 bits per heavy atom. The van der Waals surface area contributed by atoms with Crippen LogP contribution in [0.3, 0.4) is 0 Å². The fourth-order valence-electron chi connectivity index (χ4n) is 2.35. The summed E-state index contributed by atoms with van der Waals surface area (Å²) in [6, 6.07) is 2.33. The maximum atomic E-state index is 12.0. The van der Waals surface area contributed by atoms with Gasteiger partial charge in [-0.3, -0.25) is 9.55 Å². The maximum Gasteiger partial charge on any atom is 0.327 e. The highest BCUT2D eigenvalue weighted by atomic mass is 16.1. The molecule has 0 bridgehead atoms. The molecule has 2 aromatic heterocycles. The van der Waals surface area contributed by atoms with Gasteiger partial charge < -0.3 is 0 Å². The Labute approximate surface area is 107 Å². The van der Waals surface area contributed by atoms with Crippen LogP contribution in [0.15, 0.2) is 17.1 Å². The number of H-pyrrole nitrogens is 1. The quantitative estimate of drug-likeness (QED) is 0.902. The molecule has 0 aliphatic rings. The molecule has 0 unspecified atom stereocenters. The molecule has 18 heavy (non-hydrogen) atoms. The van der Waals surface area contributed by atoms with Crippen molar-refractivity contribution in [2.45, 2.75) is 52.5 Å². The summed E-state index contributed by atoms with van der Waals surface area (Å²) in [6.07, 6.45) is 3.75. The average Bonchev–Trinajstić information content (AvgIpc) is 2.67. The first-order valence-electron chi connectivity index (χ1n) is 6.68. The maximum absolute atomic E-state index is 12.0. The number of hydrogen-bond acceptors (Lipinski definition) is 2. The van der Waals surface area contributed by atoms with E-state index in [1.807, 2.05) is 10.8 Å². The molecular formula is C14H21N3O. The van der Waals surface area contributed by atoms with Gasteiger partial charge in [0.25, 0.3) is 0 Å². The second kappa shape index (κ2) is 4.96. The van der Waals surface area contributed by atoms with Crippen LogP contribution in [0, 0.1) is 0 Å². The predicted octanol–water partition coefficient (Wildman–Crippen LogP) is 3.21. The predicted molar refractivity (Wildman–Crippen MR) is 74.1 cm³/mol. The van der Waals surface area contributed by atoms with Crippen molar-refractivity contribution in [3.05, 3.63) is 28.3 Å². The number of pyridine rings is 1. The van der Waals surface area contributed by atoms with Crippen LogP contribution in [0.4, 0.5) is 0 Å². The van der Waals surface area contributed by atoms with Crippen LogP contribution in [-0.2, 0) is 0 Å². The van der Waals surface area contributed by atoms with Gasteiger partial charge in [0.05, 0.1) is 5.52 Å². The van der Waals surface area contributed by atoms with Gasteiger partial charge in [0, 0.05) is 12.2 Å². The summed E-state index contributed by atoms with van der Waals surface area (Å²) in [7, 11) is 0. The fourth-order valence-corrected chi connectivity index (χ4v) is 2.35. The number of nitrogens with zero attached hydrogens (tertiary/aromatic N) is 2. The number of imidazole rings is 1. The Morgan fingerprint density at radius 1 is 1.33 bits per heavy atom. The second-order valence-electron chi connectivity index (χ2n) is 5.06. The highest BCUT2D eigenvalue weighted by molar-refractivity contribution is 5.71. The fraction of sp³-hybridized carbons (Fsp3) is 0.571. The van der Waals surface area contributed by atoms with E-state index in [2.05, 4.69) is 43.7 Å². The zero-order valence-corrected chi connectivity index (χ0v) is 11.5. The van der Waals surface area contributed by atoms with Crippen LogP contribution < -0.4 is 5.69 Å². The molecule has 0 fully saturated rings. The van der Waals surface area contributed by atoms with Crippen molar-refractivity contribution in [1.82, 2.24) is 14.5 Å².